The number of ether oxygens (including phenoxy) is 1. The molecule has 0 aliphatic heterocycles. The standard InChI is InChI=1S/C18H28N2O4/c1-17(2,3)24-16(22)20-14(11-13-9-7-6-8-10-13)15(21)19-12-18(4,5)23/h6-10,14,23H,11-12H2,1-5H3,(H,19,21)(H,20,22). The lowest BCUT2D eigenvalue weighted by Crippen LogP contribution is -2.51. The van der Waals surface area contributed by atoms with Gasteiger partial charge in [-0.3, -0.25) is 4.79 Å². The van der Waals surface area contributed by atoms with E-state index < -0.39 is 23.3 Å². The molecule has 24 heavy (non-hydrogen) atoms. The molecule has 0 aliphatic carbocycles. The van der Waals surface area contributed by atoms with Crippen LogP contribution in [0.2, 0.25) is 0 Å². The summed E-state index contributed by atoms with van der Waals surface area (Å²) in [5.74, 6) is -0.369. The van der Waals surface area contributed by atoms with Gasteiger partial charge in [-0.05, 0) is 40.2 Å². The number of carbonyl (C=O) groups is 2. The minimum absolute atomic E-state index is 0.0904. The summed E-state index contributed by atoms with van der Waals surface area (Å²) in [5.41, 5.74) is -0.763. The van der Waals surface area contributed by atoms with E-state index in [1.807, 2.05) is 30.3 Å². The van der Waals surface area contributed by atoms with Crippen molar-refractivity contribution in [1.29, 1.82) is 0 Å². The fourth-order valence-corrected chi connectivity index (χ4v) is 1.94. The molecule has 0 aromatic heterocycles. The van der Waals surface area contributed by atoms with Crippen LogP contribution in [-0.2, 0) is 16.0 Å². The third-order valence-corrected chi connectivity index (χ3v) is 2.99. The number of alkyl carbamates (subject to hydrolysis) is 1. The Morgan fingerprint density at radius 1 is 1.12 bits per heavy atom. The van der Waals surface area contributed by atoms with Crippen LogP contribution in [-0.4, -0.2) is 40.9 Å². The Balaban J connectivity index is 2.78. The third-order valence-electron chi connectivity index (χ3n) is 2.99. The van der Waals surface area contributed by atoms with Gasteiger partial charge in [0.05, 0.1) is 5.60 Å². The van der Waals surface area contributed by atoms with Crippen molar-refractivity contribution >= 4 is 12.0 Å². The van der Waals surface area contributed by atoms with Gasteiger partial charge in [0.15, 0.2) is 0 Å². The molecule has 2 amide bonds. The van der Waals surface area contributed by atoms with Crippen LogP contribution in [0.1, 0.15) is 40.2 Å². The molecule has 1 aromatic carbocycles. The molecule has 0 bridgehead atoms. The molecule has 1 unspecified atom stereocenters. The third kappa shape index (κ3) is 8.53. The van der Waals surface area contributed by atoms with E-state index in [1.54, 1.807) is 34.6 Å². The average molecular weight is 336 g/mol. The number of carbonyl (C=O) groups excluding carboxylic acids is 2. The van der Waals surface area contributed by atoms with Crippen molar-refractivity contribution in [1.82, 2.24) is 10.6 Å². The summed E-state index contributed by atoms with van der Waals surface area (Å²) < 4.78 is 5.22. The molecule has 0 fully saturated rings. The van der Waals surface area contributed by atoms with Crippen molar-refractivity contribution in [3.63, 3.8) is 0 Å². The van der Waals surface area contributed by atoms with Crippen LogP contribution in [0.3, 0.4) is 0 Å². The Kier molecular flexibility index (Phi) is 6.78. The highest BCUT2D eigenvalue weighted by Crippen LogP contribution is 2.09. The molecule has 6 nitrogen and oxygen atoms in total. The summed E-state index contributed by atoms with van der Waals surface area (Å²) in [6, 6.07) is 8.60. The van der Waals surface area contributed by atoms with Crippen LogP contribution in [0, 0.1) is 0 Å². The van der Waals surface area contributed by atoms with E-state index in [4.69, 9.17) is 4.74 Å². The molecule has 1 atom stereocenters. The van der Waals surface area contributed by atoms with Crippen LogP contribution in [0.4, 0.5) is 4.79 Å². The highest BCUT2D eigenvalue weighted by atomic mass is 16.6. The van der Waals surface area contributed by atoms with Crippen LogP contribution in [0.5, 0.6) is 0 Å². The number of hydrogen-bond donors (Lipinski definition) is 3. The Morgan fingerprint density at radius 2 is 1.71 bits per heavy atom. The van der Waals surface area contributed by atoms with Gasteiger partial charge in [-0.2, -0.15) is 0 Å². The summed E-state index contributed by atoms with van der Waals surface area (Å²) in [5, 5.41) is 15.0. The monoisotopic (exact) mass is 336 g/mol. The summed E-state index contributed by atoms with van der Waals surface area (Å²) >= 11 is 0. The molecule has 1 rings (SSSR count). The molecule has 0 saturated carbocycles. The molecule has 0 radical (unpaired) electrons. The Labute approximate surface area is 143 Å². The largest absolute Gasteiger partial charge is 0.444 e. The average Bonchev–Trinajstić information content (AvgIpc) is 2.42. The van der Waals surface area contributed by atoms with Gasteiger partial charge in [0.2, 0.25) is 5.91 Å². The number of benzene rings is 1. The molecule has 1 aromatic rings. The van der Waals surface area contributed by atoms with Crippen molar-refractivity contribution in [3.05, 3.63) is 35.9 Å². The minimum Gasteiger partial charge on any atom is -0.444 e. The smallest absolute Gasteiger partial charge is 0.408 e. The van der Waals surface area contributed by atoms with Crippen molar-refractivity contribution in [2.75, 3.05) is 6.54 Å². The maximum atomic E-state index is 12.4. The zero-order valence-corrected chi connectivity index (χ0v) is 15.1. The van der Waals surface area contributed by atoms with Gasteiger partial charge in [-0.15, -0.1) is 0 Å². The van der Waals surface area contributed by atoms with E-state index in [1.165, 1.54) is 0 Å². The van der Waals surface area contributed by atoms with Crippen molar-refractivity contribution in [3.8, 4) is 0 Å². The quantitative estimate of drug-likeness (QED) is 0.741. The molecule has 0 spiro atoms. The van der Waals surface area contributed by atoms with Gasteiger partial charge in [0.1, 0.15) is 11.6 Å². The van der Waals surface area contributed by atoms with Gasteiger partial charge in [-0.1, -0.05) is 30.3 Å². The highest BCUT2D eigenvalue weighted by Gasteiger charge is 2.25. The molecule has 134 valence electrons. The first-order chi connectivity index (χ1) is 11.0. The first-order valence-electron chi connectivity index (χ1n) is 8.00. The van der Waals surface area contributed by atoms with E-state index in [9.17, 15) is 14.7 Å². The van der Waals surface area contributed by atoms with Crippen LogP contribution in [0.25, 0.3) is 0 Å². The summed E-state index contributed by atoms with van der Waals surface area (Å²) in [6.07, 6.45) is -0.320. The predicted octanol–water partition coefficient (Wildman–Crippen LogP) is 2.01. The van der Waals surface area contributed by atoms with E-state index in [-0.39, 0.29) is 12.5 Å². The minimum atomic E-state index is -1.03. The molecule has 3 N–H and O–H groups in total. The van der Waals surface area contributed by atoms with Gasteiger partial charge in [-0.25, -0.2) is 4.79 Å². The van der Waals surface area contributed by atoms with Crippen LogP contribution < -0.4 is 10.6 Å². The molecule has 0 saturated heterocycles. The first-order valence-corrected chi connectivity index (χ1v) is 8.00. The van der Waals surface area contributed by atoms with Gasteiger partial charge < -0.3 is 20.5 Å². The molecule has 0 heterocycles. The SMILES string of the molecule is CC(C)(O)CNC(=O)C(Cc1ccccc1)NC(=O)OC(C)(C)C. The molecular formula is C18H28N2O4. The molecule has 0 aliphatic rings. The lowest BCUT2D eigenvalue weighted by atomic mass is 10.0. The van der Waals surface area contributed by atoms with Gasteiger partial charge >= 0.3 is 6.09 Å². The van der Waals surface area contributed by atoms with Crippen molar-refractivity contribution in [2.45, 2.75) is 58.3 Å². The van der Waals surface area contributed by atoms with E-state index in [0.29, 0.717) is 6.42 Å². The topological polar surface area (TPSA) is 87.7 Å². The number of amides is 2. The zero-order valence-electron chi connectivity index (χ0n) is 15.1. The van der Waals surface area contributed by atoms with E-state index >= 15 is 0 Å². The van der Waals surface area contributed by atoms with Crippen molar-refractivity contribution < 1.29 is 19.4 Å². The number of nitrogens with one attached hydrogen (secondary N) is 2. The Morgan fingerprint density at radius 3 is 2.21 bits per heavy atom. The number of aliphatic hydroxyl groups is 1. The van der Waals surface area contributed by atoms with Gasteiger partial charge in [0.25, 0.3) is 0 Å². The van der Waals surface area contributed by atoms with E-state index in [0.717, 1.165) is 5.56 Å². The van der Waals surface area contributed by atoms with E-state index in [2.05, 4.69) is 10.6 Å². The summed E-state index contributed by atoms with van der Waals surface area (Å²) in [7, 11) is 0. The first kappa shape index (κ1) is 20.0. The lowest BCUT2D eigenvalue weighted by Gasteiger charge is -2.24. The predicted molar refractivity (Wildman–Crippen MR) is 92.6 cm³/mol. The van der Waals surface area contributed by atoms with Crippen LogP contribution >= 0.6 is 0 Å². The second-order valence-corrected chi connectivity index (χ2v) is 7.42. The Bertz CT molecular complexity index is 544. The maximum Gasteiger partial charge on any atom is 0.408 e. The maximum absolute atomic E-state index is 12.4. The van der Waals surface area contributed by atoms with Crippen molar-refractivity contribution in [2.24, 2.45) is 0 Å². The Hall–Kier alpha value is -2.08. The van der Waals surface area contributed by atoms with Gasteiger partial charge in [0, 0.05) is 13.0 Å². The fraction of sp³-hybridized carbons (Fsp3) is 0.556. The second kappa shape index (κ2) is 8.15. The molecular weight excluding hydrogens is 308 g/mol. The number of rotatable bonds is 6. The lowest BCUT2D eigenvalue weighted by molar-refractivity contribution is -0.124. The normalized spacial score (nSPS) is 13.1. The number of hydrogen-bond acceptors (Lipinski definition) is 4. The van der Waals surface area contributed by atoms with Crippen LogP contribution in [0.15, 0.2) is 30.3 Å². The fourth-order valence-electron chi connectivity index (χ4n) is 1.94. The molecule has 6 heteroatoms. The highest BCUT2D eigenvalue weighted by molar-refractivity contribution is 5.86. The summed E-state index contributed by atoms with van der Waals surface area (Å²) in [4.78, 5) is 24.4. The zero-order chi connectivity index (χ0) is 18.4. The summed E-state index contributed by atoms with van der Waals surface area (Å²) in [6.45, 7) is 8.56. The second-order valence-electron chi connectivity index (χ2n) is 7.42.